The van der Waals surface area contributed by atoms with Gasteiger partial charge in [-0.15, -0.1) is 0 Å². The van der Waals surface area contributed by atoms with Crippen LogP contribution < -0.4 is 0 Å². The summed E-state index contributed by atoms with van der Waals surface area (Å²) in [6.45, 7) is 0. The second-order valence-corrected chi connectivity index (χ2v) is 2.75. The molecule has 0 saturated heterocycles. The average Bonchev–Trinajstić information content (AvgIpc) is 1.82. The van der Waals surface area contributed by atoms with E-state index < -0.39 is 24.4 Å². The standard InChI is InChI=1S/C6H12O4/c7-3-1-4(8)6(10)5(9)2-3/h3-10H,1-2H2/t3-,4-,5-,6+/m0/s1. The van der Waals surface area contributed by atoms with E-state index >= 15 is 0 Å². The number of aliphatic hydroxyl groups excluding tert-OH is 4. The zero-order valence-corrected chi connectivity index (χ0v) is 5.51. The van der Waals surface area contributed by atoms with Crippen molar-refractivity contribution in [1.82, 2.24) is 0 Å². The molecule has 10 heavy (non-hydrogen) atoms. The molecule has 1 aliphatic rings. The first kappa shape index (κ1) is 7.94. The summed E-state index contributed by atoms with van der Waals surface area (Å²) >= 11 is 0. The number of rotatable bonds is 0. The fraction of sp³-hybridized carbons (Fsp3) is 1.00. The molecule has 0 aromatic heterocycles. The number of aliphatic hydroxyl groups is 4. The van der Waals surface area contributed by atoms with Gasteiger partial charge in [-0.25, -0.2) is 0 Å². The van der Waals surface area contributed by atoms with E-state index in [4.69, 9.17) is 20.4 Å². The van der Waals surface area contributed by atoms with E-state index in [1.165, 1.54) is 0 Å². The van der Waals surface area contributed by atoms with Gasteiger partial charge in [0.2, 0.25) is 0 Å². The van der Waals surface area contributed by atoms with E-state index in [1.807, 2.05) is 0 Å². The van der Waals surface area contributed by atoms with Crippen molar-refractivity contribution < 1.29 is 20.4 Å². The van der Waals surface area contributed by atoms with Crippen LogP contribution in [-0.2, 0) is 0 Å². The summed E-state index contributed by atoms with van der Waals surface area (Å²) in [5, 5.41) is 35.8. The van der Waals surface area contributed by atoms with Crippen molar-refractivity contribution in [3.63, 3.8) is 0 Å². The van der Waals surface area contributed by atoms with Crippen LogP contribution in [0.25, 0.3) is 0 Å². The second kappa shape index (κ2) is 2.84. The third-order valence-electron chi connectivity index (χ3n) is 1.82. The minimum atomic E-state index is -1.09. The molecule has 1 aliphatic carbocycles. The second-order valence-electron chi connectivity index (χ2n) is 2.75. The molecule has 1 fully saturated rings. The van der Waals surface area contributed by atoms with Gasteiger partial charge >= 0.3 is 0 Å². The quantitative estimate of drug-likeness (QED) is 0.327. The lowest BCUT2D eigenvalue weighted by molar-refractivity contribution is -0.116. The Labute approximate surface area is 58.7 Å². The van der Waals surface area contributed by atoms with Gasteiger partial charge in [0.1, 0.15) is 6.10 Å². The van der Waals surface area contributed by atoms with Crippen LogP contribution in [0.15, 0.2) is 0 Å². The Bertz CT molecular complexity index is 104. The predicted molar refractivity (Wildman–Crippen MR) is 33.3 cm³/mol. The normalized spacial score (nSPS) is 49.2. The van der Waals surface area contributed by atoms with Crippen LogP contribution in [0.2, 0.25) is 0 Å². The van der Waals surface area contributed by atoms with Crippen molar-refractivity contribution in [3.8, 4) is 0 Å². The van der Waals surface area contributed by atoms with Gasteiger partial charge in [0, 0.05) is 12.8 Å². The summed E-state index contributed by atoms with van der Waals surface area (Å²) in [7, 11) is 0. The number of hydrogen-bond donors (Lipinski definition) is 4. The van der Waals surface area contributed by atoms with Crippen molar-refractivity contribution >= 4 is 0 Å². The topological polar surface area (TPSA) is 80.9 Å². The molecule has 4 heteroatoms. The first-order chi connectivity index (χ1) is 4.61. The summed E-state index contributed by atoms with van der Waals surface area (Å²) in [4.78, 5) is 0. The molecule has 0 amide bonds. The SMILES string of the molecule is O[C@H]1C[C@H](O)C[C@H](O)[C@@H]1O. The van der Waals surface area contributed by atoms with E-state index in [0.29, 0.717) is 0 Å². The van der Waals surface area contributed by atoms with Gasteiger partial charge in [0.05, 0.1) is 18.3 Å². The van der Waals surface area contributed by atoms with Crippen molar-refractivity contribution in [2.75, 3.05) is 0 Å². The number of hydrogen-bond acceptors (Lipinski definition) is 4. The molecule has 0 heterocycles. The Hall–Kier alpha value is -0.160. The zero-order chi connectivity index (χ0) is 7.72. The molecule has 0 aromatic carbocycles. The van der Waals surface area contributed by atoms with Crippen LogP contribution in [0, 0.1) is 0 Å². The molecule has 0 radical (unpaired) electrons. The maximum Gasteiger partial charge on any atom is 0.106 e. The molecule has 0 spiro atoms. The van der Waals surface area contributed by atoms with Gasteiger partial charge in [0.25, 0.3) is 0 Å². The molecule has 60 valence electrons. The predicted octanol–water partition coefficient (Wildman–Crippen LogP) is -1.78. The molecular formula is C6H12O4. The van der Waals surface area contributed by atoms with Crippen LogP contribution in [0.5, 0.6) is 0 Å². The molecule has 4 N–H and O–H groups in total. The third kappa shape index (κ3) is 1.46. The fourth-order valence-electron chi connectivity index (χ4n) is 1.19. The van der Waals surface area contributed by atoms with Crippen LogP contribution >= 0.6 is 0 Å². The van der Waals surface area contributed by atoms with Gasteiger partial charge in [-0.2, -0.15) is 0 Å². The molecule has 4 nitrogen and oxygen atoms in total. The van der Waals surface area contributed by atoms with Gasteiger partial charge in [-0.05, 0) is 0 Å². The molecule has 0 aromatic rings. The van der Waals surface area contributed by atoms with Crippen molar-refractivity contribution in [2.24, 2.45) is 0 Å². The van der Waals surface area contributed by atoms with Crippen LogP contribution in [0.3, 0.4) is 0 Å². The lowest BCUT2D eigenvalue weighted by atomic mass is 9.90. The first-order valence-electron chi connectivity index (χ1n) is 3.33. The van der Waals surface area contributed by atoms with Gasteiger partial charge in [-0.3, -0.25) is 0 Å². The molecular weight excluding hydrogens is 136 g/mol. The Kier molecular flexibility index (Phi) is 2.25. The van der Waals surface area contributed by atoms with E-state index in [1.54, 1.807) is 0 Å². The van der Waals surface area contributed by atoms with Crippen molar-refractivity contribution in [3.05, 3.63) is 0 Å². The Morgan fingerprint density at radius 3 is 1.60 bits per heavy atom. The summed E-state index contributed by atoms with van der Waals surface area (Å²) in [6, 6.07) is 0. The molecule has 2 atom stereocenters. The average molecular weight is 148 g/mol. The fourth-order valence-corrected chi connectivity index (χ4v) is 1.19. The summed E-state index contributed by atoms with van der Waals surface area (Å²) < 4.78 is 0. The van der Waals surface area contributed by atoms with Gasteiger partial charge in [-0.1, -0.05) is 0 Å². The lowest BCUT2D eigenvalue weighted by Crippen LogP contribution is -2.46. The minimum Gasteiger partial charge on any atom is -0.393 e. The molecule has 0 unspecified atom stereocenters. The minimum absolute atomic E-state index is 0.151. The zero-order valence-electron chi connectivity index (χ0n) is 5.51. The van der Waals surface area contributed by atoms with Crippen molar-refractivity contribution in [1.29, 1.82) is 0 Å². The highest BCUT2D eigenvalue weighted by atomic mass is 16.4. The third-order valence-corrected chi connectivity index (χ3v) is 1.82. The van der Waals surface area contributed by atoms with Gasteiger partial charge < -0.3 is 20.4 Å². The Morgan fingerprint density at radius 1 is 0.800 bits per heavy atom. The van der Waals surface area contributed by atoms with Crippen molar-refractivity contribution in [2.45, 2.75) is 37.3 Å². The Balaban J connectivity index is 2.49. The van der Waals surface area contributed by atoms with Crippen LogP contribution in [-0.4, -0.2) is 44.8 Å². The highest BCUT2D eigenvalue weighted by molar-refractivity contribution is 4.85. The highest BCUT2D eigenvalue weighted by Gasteiger charge is 2.33. The van der Waals surface area contributed by atoms with E-state index in [2.05, 4.69) is 0 Å². The van der Waals surface area contributed by atoms with Crippen LogP contribution in [0.4, 0.5) is 0 Å². The van der Waals surface area contributed by atoms with E-state index in [-0.39, 0.29) is 12.8 Å². The molecule has 0 bridgehead atoms. The molecule has 0 aliphatic heterocycles. The van der Waals surface area contributed by atoms with E-state index in [0.717, 1.165) is 0 Å². The van der Waals surface area contributed by atoms with Gasteiger partial charge in [0.15, 0.2) is 0 Å². The first-order valence-corrected chi connectivity index (χ1v) is 3.33. The van der Waals surface area contributed by atoms with E-state index in [9.17, 15) is 0 Å². The monoisotopic (exact) mass is 148 g/mol. The molecule has 1 saturated carbocycles. The molecule has 1 rings (SSSR count). The van der Waals surface area contributed by atoms with Crippen LogP contribution in [0.1, 0.15) is 12.8 Å². The lowest BCUT2D eigenvalue weighted by Gasteiger charge is -2.31. The summed E-state index contributed by atoms with van der Waals surface area (Å²) in [6.07, 6.45) is -3.45. The summed E-state index contributed by atoms with van der Waals surface area (Å²) in [5.74, 6) is 0. The maximum absolute atomic E-state index is 8.95. The maximum atomic E-state index is 8.95. The Morgan fingerprint density at radius 2 is 1.20 bits per heavy atom. The largest absolute Gasteiger partial charge is 0.393 e. The highest BCUT2D eigenvalue weighted by Crippen LogP contribution is 2.19. The summed E-state index contributed by atoms with van der Waals surface area (Å²) in [5.41, 5.74) is 0. The smallest absolute Gasteiger partial charge is 0.106 e.